The predicted octanol–water partition coefficient (Wildman–Crippen LogP) is 5.61. The minimum atomic E-state index is -0.0985. The van der Waals surface area contributed by atoms with Gasteiger partial charge in [-0.1, -0.05) is 50.6 Å². The maximum absolute atomic E-state index is 12.7. The Morgan fingerprint density at radius 1 is 1.23 bits per heavy atom. The van der Waals surface area contributed by atoms with E-state index in [9.17, 15) is 4.79 Å². The van der Waals surface area contributed by atoms with Gasteiger partial charge in [-0.3, -0.25) is 9.79 Å². The SMILES string of the molecule is CCCCCCCC1C(=O)c2cc(Cl)c(OC)cc2N=C1C. The highest BCUT2D eigenvalue weighted by molar-refractivity contribution is 6.33. The van der Waals surface area contributed by atoms with Gasteiger partial charge in [-0.2, -0.15) is 0 Å². The number of methoxy groups -OCH3 is 1. The topological polar surface area (TPSA) is 38.7 Å². The van der Waals surface area contributed by atoms with E-state index in [1.807, 2.05) is 6.92 Å². The zero-order valence-corrected chi connectivity index (χ0v) is 14.4. The van der Waals surface area contributed by atoms with E-state index in [1.54, 1.807) is 19.2 Å². The van der Waals surface area contributed by atoms with Crippen LogP contribution in [0.2, 0.25) is 5.02 Å². The number of fused-ring (bicyclic) bond motifs is 1. The number of hydrogen-bond acceptors (Lipinski definition) is 3. The number of hydrogen-bond donors (Lipinski definition) is 0. The quantitative estimate of drug-likeness (QED) is 0.612. The minimum absolute atomic E-state index is 0.0985. The molecule has 1 atom stereocenters. The van der Waals surface area contributed by atoms with Gasteiger partial charge < -0.3 is 4.74 Å². The molecule has 22 heavy (non-hydrogen) atoms. The Kier molecular flexibility index (Phi) is 6.01. The van der Waals surface area contributed by atoms with E-state index in [-0.39, 0.29) is 11.7 Å². The van der Waals surface area contributed by atoms with Crippen LogP contribution in [0.4, 0.5) is 5.69 Å². The van der Waals surface area contributed by atoms with Crippen LogP contribution in [0.5, 0.6) is 5.75 Å². The van der Waals surface area contributed by atoms with E-state index in [4.69, 9.17) is 16.3 Å². The Labute approximate surface area is 137 Å². The fourth-order valence-electron chi connectivity index (χ4n) is 2.93. The first kappa shape index (κ1) is 17.0. The van der Waals surface area contributed by atoms with Crippen LogP contribution >= 0.6 is 11.6 Å². The number of carbonyl (C=O) groups excluding carboxylic acids is 1. The van der Waals surface area contributed by atoms with Crippen molar-refractivity contribution in [1.82, 2.24) is 0 Å². The molecule has 4 heteroatoms. The van der Waals surface area contributed by atoms with Crippen LogP contribution in [0.1, 0.15) is 62.7 Å². The fraction of sp³-hybridized carbons (Fsp3) is 0.556. The molecule has 0 spiro atoms. The van der Waals surface area contributed by atoms with Crippen LogP contribution in [0.15, 0.2) is 17.1 Å². The van der Waals surface area contributed by atoms with Crippen LogP contribution in [0.3, 0.4) is 0 Å². The number of nitrogens with zero attached hydrogens (tertiary/aromatic N) is 1. The molecule has 2 rings (SSSR count). The van der Waals surface area contributed by atoms with Gasteiger partial charge in [0.1, 0.15) is 5.75 Å². The molecule has 0 saturated carbocycles. The fourth-order valence-corrected chi connectivity index (χ4v) is 3.17. The molecule has 0 fully saturated rings. The monoisotopic (exact) mass is 321 g/mol. The van der Waals surface area contributed by atoms with Crippen molar-refractivity contribution >= 4 is 28.8 Å². The molecule has 120 valence electrons. The summed E-state index contributed by atoms with van der Waals surface area (Å²) in [7, 11) is 1.56. The Morgan fingerprint density at radius 2 is 1.95 bits per heavy atom. The van der Waals surface area contributed by atoms with E-state index in [2.05, 4.69) is 11.9 Å². The van der Waals surface area contributed by atoms with Gasteiger partial charge in [0.15, 0.2) is 5.78 Å². The molecule has 1 unspecified atom stereocenters. The Balaban J connectivity index is 2.12. The van der Waals surface area contributed by atoms with Gasteiger partial charge in [0, 0.05) is 17.3 Å². The molecule has 0 aromatic heterocycles. The van der Waals surface area contributed by atoms with Crippen molar-refractivity contribution in [3.05, 3.63) is 22.7 Å². The first-order valence-corrected chi connectivity index (χ1v) is 8.43. The largest absolute Gasteiger partial charge is 0.495 e. The number of ketones is 1. The van der Waals surface area contributed by atoms with Crippen molar-refractivity contribution in [2.45, 2.75) is 52.4 Å². The molecule has 1 aromatic carbocycles. The third kappa shape index (κ3) is 3.70. The molecule has 0 saturated heterocycles. The molecule has 0 bridgehead atoms. The van der Waals surface area contributed by atoms with E-state index in [0.717, 1.165) is 18.6 Å². The molecule has 0 aliphatic carbocycles. The molecule has 0 amide bonds. The molecule has 1 aliphatic heterocycles. The van der Waals surface area contributed by atoms with Gasteiger partial charge in [-0.05, 0) is 19.4 Å². The van der Waals surface area contributed by atoms with Gasteiger partial charge in [-0.25, -0.2) is 0 Å². The summed E-state index contributed by atoms with van der Waals surface area (Å²) in [5.41, 5.74) is 2.19. The lowest BCUT2D eigenvalue weighted by Crippen LogP contribution is -2.25. The normalized spacial score (nSPS) is 17.2. The second kappa shape index (κ2) is 7.77. The summed E-state index contributed by atoms with van der Waals surface area (Å²) < 4.78 is 5.20. The van der Waals surface area contributed by atoms with Crippen molar-refractivity contribution in [2.24, 2.45) is 10.9 Å². The van der Waals surface area contributed by atoms with E-state index in [1.165, 1.54) is 25.7 Å². The molecule has 0 radical (unpaired) electrons. The third-order valence-corrected chi connectivity index (χ3v) is 4.54. The average molecular weight is 322 g/mol. The summed E-state index contributed by atoms with van der Waals surface area (Å²) in [4.78, 5) is 17.3. The first-order valence-electron chi connectivity index (χ1n) is 8.05. The van der Waals surface area contributed by atoms with Gasteiger partial charge in [0.25, 0.3) is 0 Å². The highest BCUT2D eigenvalue weighted by Crippen LogP contribution is 2.38. The lowest BCUT2D eigenvalue weighted by molar-refractivity contribution is 0.0946. The summed E-state index contributed by atoms with van der Waals surface area (Å²) in [6, 6.07) is 3.44. The minimum Gasteiger partial charge on any atom is -0.495 e. The highest BCUT2D eigenvalue weighted by atomic mass is 35.5. The molecular formula is C18H24ClNO2. The van der Waals surface area contributed by atoms with Crippen molar-refractivity contribution in [1.29, 1.82) is 0 Å². The van der Waals surface area contributed by atoms with Crippen molar-refractivity contribution in [3.63, 3.8) is 0 Å². The van der Waals surface area contributed by atoms with E-state index < -0.39 is 0 Å². The molecular weight excluding hydrogens is 298 g/mol. The summed E-state index contributed by atoms with van der Waals surface area (Å²) >= 11 is 6.15. The van der Waals surface area contributed by atoms with Gasteiger partial charge in [-0.15, -0.1) is 0 Å². The van der Waals surface area contributed by atoms with Crippen molar-refractivity contribution < 1.29 is 9.53 Å². The Bertz CT molecular complexity index is 581. The number of unbranched alkanes of at least 4 members (excludes halogenated alkanes) is 4. The molecule has 3 nitrogen and oxygen atoms in total. The van der Waals surface area contributed by atoms with Crippen LogP contribution in [0, 0.1) is 5.92 Å². The average Bonchev–Trinajstić information content (AvgIpc) is 2.50. The lowest BCUT2D eigenvalue weighted by Gasteiger charge is -2.22. The summed E-state index contributed by atoms with van der Waals surface area (Å²) in [5, 5.41) is 0.464. The van der Waals surface area contributed by atoms with E-state index >= 15 is 0 Å². The number of carbonyl (C=O) groups is 1. The number of halogens is 1. The smallest absolute Gasteiger partial charge is 0.173 e. The summed E-state index contributed by atoms with van der Waals surface area (Å²) in [6.45, 7) is 4.15. The van der Waals surface area contributed by atoms with Gasteiger partial charge in [0.2, 0.25) is 0 Å². The van der Waals surface area contributed by atoms with E-state index in [0.29, 0.717) is 22.0 Å². The van der Waals surface area contributed by atoms with Crippen LogP contribution in [0.25, 0.3) is 0 Å². The summed E-state index contributed by atoms with van der Waals surface area (Å²) in [5.74, 6) is 0.601. The first-order chi connectivity index (χ1) is 10.6. The molecule has 1 heterocycles. The number of benzene rings is 1. The van der Waals surface area contributed by atoms with Gasteiger partial charge >= 0.3 is 0 Å². The second-order valence-corrected chi connectivity index (χ2v) is 6.28. The zero-order chi connectivity index (χ0) is 16.1. The summed E-state index contributed by atoms with van der Waals surface area (Å²) in [6.07, 6.45) is 6.87. The third-order valence-electron chi connectivity index (χ3n) is 4.25. The van der Waals surface area contributed by atoms with Crippen molar-refractivity contribution in [3.8, 4) is 5.75 Å². The number of rotatable bonds is 7. The Hall–Kier alpha value is -1.35. The maximum atomic E-state index is 12.7. The van der Waals surface area contributed by atoms with Crippen LogP contribution in [-0.4, -0.2) is 18.6 Å². The maximum Gasteiger partial charge on any atom is 0.173 e. The van der Waals surface area contributed by atoms with Gasteiger partial charge in [0.05, 0.1) is 23.7 Å². The zero-order valence-electron chi connectivity index (χ0n) is 13.6. The van der Waals surface area contributed by atoms with Crippen molar-refractivity contribution in [2.75, 3.05) is 7.11 Å². The molecule has 1 aromatic rings. The van der Waals surface area contributed by atoms with Crippen LogP contribution < -0.4 is 4.74 Å². The second-order valence-electron chi connectivity index (χ2n) is 5.88. The highest BCUT2D eigenvalue weighted by Gasteiger charge is 2.29. The number of ether oxygens (including phenoxy) is 1. The van der Waals surface area contributed by atoms with Crippen LogP contribution in [-0.2, 0) is 0 Å². The number of aliphatic imine (C=N–C) groups is 1. The number of Topliss-reactive ketones (excluding diaryl/α,β-unsaturated/α-hetero) is 1. The lowest BCUT2D eigenvalue weighted by atomic mass is 9.86. The predicted molar refractivity (Wildman–Crippen MR) is 92.0 cm³/mol. The molecule has 1 aliphatic rings. The Morgan fingerprint density at radius 3 is 2.64 bits per heavy atom. The molecule has 0 N–H and O–H groups in total. The standard InChI is InChI=1S/C18H24ClNO2/c1-4-5-6-7-8-9-13-12(2)20-16-11-17(22-3)15(19)10-14(16)18(13)21/h10-11,13H,4-9H2,1-3H3.